The molecule has 0 aromatic heterocycles. The average molecular weight is 737 g/mol. The van der Waals surface area contributed by atoms with Gasteiger partial charge in [0, 0.05) is 12.8 Å². The van der Waals surface area contributed by atoms with E-state index in [2.05, 4.69) is 74.6 Å². The number of allylic oxidation sites excluding steroid dienone is 10. The van der Waals surface area contributed by atoms with Gasteiger partial charge in [-0.1, -0.05) is 139 Å². The number of carbonyl (C=O) groups excluding carboxylic acids is 2. The molecule has 0 rings (SSSR count). The highest BCUT2D eigenvalue weighted by Crippen LogP contribution is 2.43. The van der Waals surface area contributed by atoms with Gasteiger partial charge in [-0.25, -0.2) is 4.57 Å². The topological polar surface area (TPSA) is 108 Å². The van der Waals surface area contributed by atoms with E-state index in [1.807, 2.05) is 0 Å². The van der Waals surface area contributed by atoms with E-state index in [-0.39, 0.29) is 32.0 Å². The Morgan fingerprint density at radius 3 is 1.51 bits per heavy atom. The lowest BCUT2D eigenvalue weighted by molar-refractivity contribution is -0.161. The van der Waals surface area contributed by atoms with Crippen molar-refractivity contribution in [1.82, 2.24) is 0 Å². The Bertz CT molecular complexity index is 1020. The molecule has 0 aromatic rings. The van der Waals surface area contributed by atoms with Crippen molar-refractivity contribution in [3.05, 3.63) is 60.8 Å². The molecule has 0 spiro atoms. The van der Waals surface area contributed by atoms with Gasteiger partial charge >= 0.3 is 19.8 Å². The lowest BCUT2D eigenvalue weighted by atomic mass is 10.1. The lowest BCUT2D eigenvalue weighted by Crippen LogP contribution is -2.29. The van der Waals surface area contributed by atoms with Crippen LogP contribution in [0.15, 0.2) is 60.8 Å². The van der Waals surface area contributed by atoms with Gasteiger partial charge in [0.25, 0.3) is 0 Å². The average Bonchev–Trinajstić information content (AvgIpc) is 3.10. The van der Waals surface area contributed by atoms with Crippen molar-refractivity contribution in [3.63, 3.8) is 0 Å². The number of unbranched alkanes of at least 4 members (excludes halogenated alkanes) is 14. The molecule has 0 amide bonds. The Balaban J connectivity index is 4.17. The monoisotopic (exact) mass is 737 g/mol. The lowest BCUT2D eigenvalue weighted by Gasteiger charge is -2.19. The second-order valence-electron chi connectivity index (χ2n) is 12.9. The molecule has 0 saturated carbocycles. The fourth-order valence-electron chi connectivity index (χ4n) is 5.13. The fraction of sp³-hybridized carbons (Fsp3) is 0.714. The Labute approximate surface area is 311 Å². The minimum Gasteiger partial charge on any atom is -0.462 e. The molecule has 294 valence electrons. The van der Waals surface area contributed by atoms with Crippen LogP contribution in [0.5, 0.6) is 0 Å². The summed E-state index contributed by atoms with van der Waals surface area (Å²) in [6, 6.07) is 0. The standard InChI is InChI=1S/C42H73O8P/c1-4-7-9-11-13-15-17-19-21-22-23-25-27-29-31-33-35-37-42(44)50-40(39-49-51(45,46)48-6-3)38-47-41(43)36-34-32-30-28-26-24-20-18-16-14-12-10-8-5-2/h7,9,12-15,18-21,40H,4-6,8,10-11,16-17,22-39H2,1-3H3,(H,45,46)/b9-7-,14-12-,15-13-,20-18-,21-19-. The molecule has 0 fully saturated rings. The van der Waals surface area contributed by atoms with Gasteiger partial charge in [0.05, 0.1) is 13.2 Å². The zero-order valence-electron chi connectivity index (χ0n) is 32.5. The first-order valence-corrected chi connectivity index (χ1v) is 21.6. The number of rotatable bonds is 36. The first-order chi connectivity index (χ1) is 24.8. The summed E-state index contributed by atoms with van der Waals surface area (Å²) >= 11 is 0. The van der Waals surface area contributed by atoms with Crippen LogP contribution in [0.3, 0.4) is 0 Å². The summed E-state index contributed by atoms with van der Waals surface area (Å²) in [5.41, 5.74) is 0. The number of ether oxygens (including phenoxy) is 2. The second kappa shape index (κ2) is 37.5. The van der Waals surface area contributed by atoms with E-state index in [1.165, 1.54) is 38.5 Å². The highest BCUT2D eigenvalue weighted by molar-refractivity contribution is 7.47. The van der Waals surface area contributed by atoms with Gasteiger partial charge in [0.15, 0.2) is 6.10 Å². The summed E-state index contributed by atoms with van der Waals surface area (Å²) < 4.78 is 32.6. The smallest absolute Gasteiger partial charge is 0.462 e. The number of phosphoric acid groups is 1. The molecule has 1 N–H and O–H groups in total. The number of hydrogen-bond donors (Lipinski definition) is 1. The van der Waals surface area contributed by atoms with Crippen molar-refractivity contribution in [2.24, 2.45) is 0 Å². The fourth-order valence-corrected chi connectivity index (χ4v) is 5.88. The third-order valence-electron chi connectivity index (χ3n) is 8.06. The van der Waals surface area contributed by atoms with Gasteiger partial charge in [-0.2, -0.15) is 0 Å². The zero-order valence-corrected chi connectivity index (χ0v) is 33.4. The summed E-state index contributed by atoms with van der Waals surface area (Å²) in [5.74, 6) is -0.830. The highest BCUT2D eigenvalue weighted by atomic mass is 31.2. The van der Waals surface area contributed by atoms with Crippen LogP contribution in [0, 0.1) is 0 Å². The highest BCUT2D eigenvalue weighted by Gasteiger charge is 2.25. The molecule has 0 bridgehead atoms. The minimum absolute atomic E-state index is 0.00675. The molecule has 2 unspecified atom stereocenters. The van der Waals surface area contributed by atoms with E-state index in [9.17, 15) is 19.0 Å². The quantitative estimate of drug-likeness (QED) is 0.0293. The van der Waals surface area contributed by atoms with Crippen molar-refractivity contribution < 1.29 is 37.6 Å². The normalized spacial score (nSPS) is 14.0. The van der Waals surface area contributed by atoms with E-state index < -0.39 is 26.5 Å². The predicted octanol–water partition coefficient (Wildman–Crippen LogP) is 12.4. The Hall–Kier alpha value is -2.25. The molecule has 0 aliphatic heterocycles. The van der Waals surface area contributed by atoms with Gasteiger partial charge in [0.1, 0.15) is 6.61 Å². The first-order valence-electron chi connectivity index (χ1n) is 20.1. The molecule has 0 radical (unpaired) electrons. The summed E-state index contributed by atoms with van der Waals surface area (Å²) in [6.45, 7) is 5.28. The van der Waals surface area contributed by atoms with Crippen LogP contribution in [0.25, 0.3) is 0 Å². The summed E-state index contributed by atoms with van der Waals surface area (Å²) in [6.07, 6.45) is 44.1. The molecule has 8 nitrogen and oxygen atoms in total. The summed E-state index contributed by atoms with van der Waals surface area (Å²) in [7, 11) is -4.29. The van der Waals surface area contributed by atoms with Crippen LogP contribution in [0.1, 0.15) is 168 Å². The van der Waals surface area contributed by atoms with Gasteiger partial charge in [-0.3, -0.25) is 18.6 Å². The molecule has 0 aliphatic carbocycles. The molecule has 0 aromatic carbocycles. The molecule has 0 heterocycles. The Kier molecular flexibility index (Phi) is 35.9. The third kappa shape index (κ3) is 37.3. The van der Waals surface area contributed by atoms with Crippen molar-refractivity contribution in [3.8, 4) is 0 Å². The van der Waals surface area contributed by atoms with E-state index >= 15 is 0 Å². The minimum atomic E-state index is -4.29. The Morgan fingerprint density at radius 2 is 1.00 bits per heavy atom. The maximum atomic E-state index is 12.5. The van der Waals surface area contributed by atoms with Crippen molar-refractivity contribution in [1.29, 1.82) is 0 Å². The number of carbonyl (C=O) groups is 2. The molecule has 0 saturated heterocycles. The zero-order chi connectivity index (χ0) is 37.5. The molecule has 2 atom stereocenters. The number of phosphoric ester groups is 1. The number of hydrogen-bond acceptors (Lipinski definition) is 7. The largest absolute Gasteiger partial charge is 0.472 e. The molecule has 9 heteroatoms. The van der Waals surface area contributed by atoms with Gasteiger partial charge in [0.2, 0.25) is 0 Å². The van der Waals surface area contributed by atoms with E-state index in [4.69, 9.17) is 18.5 Å². The SMILES string of the molecule is CC/C=C\C/C=C\C/C=C\CCCCCCCCCC(=O)OC(COC(=O)CCCCCCC/C=C\C/C=C\CCCC)COP(=O)(O)OCC. The maximum Gasteiger partial charge on any atom is 0.472 e. The van der Waals surface area contributed by atoms with Crippen molar-refractivity contribution in [2.75, 3.05) is 19.8 Å². The van der Waals surface area contributed by atoms with Gasteiger partial charge < -0.3 is 14.4 Å². The predicted molar refractivity (Wildman–Crippen MR) is 211 cm³/mol. The van der Waals surface area contributed by atoms with Crippen LogP contribution in [-0.2, 0) is 32.7 Å². The van der Waals surface area contributed by atoms with Gasteiger partial charge in [-0.15, -0.1) is 0 Å². The third-order valence-corrected chi connectivity index (χ3v) is 9.12. The van der Waals surface area contributed by atoms with Crippen LogP contribution in [0.2, 0.25) is 0 Å². The molecule has 0 aliphatic rings. The van der Waals surface area contributed by atoms with E-state index in [1.54, 1.807) is 6.92 Å². The van der Waals surface area contributed by atoms with Crippen LogP contribution >= 0.6 is 7.82 Å². The van der Waals surface area contributed by atoms with E-state index in [0.717, 1.165) is 89.9 Å². The summed E-state index contributed by atoms with van der Waals surface area (Å²) in [4.78, 5) is 34.7. The molecular formula is C42H73O8P. The maximum absolute atomic E-state index is 12.5. The first kappa shape index (κ1) is 48.8. The Morgan fingerprint density at radius 1 is 0.549 bits per heavy atom. The second-order valence-corrected chi connectivity index (χ2v) is 14.4. The number of esters is 2. The van der Waals surface area contributed by atoms with Crippen molar-refractivity contribution >= 4 is 19.8 Å². The van der Waals surface area contributed by atoms with Crippen molar-refractivity contribution in [2.45, 2.75) is 175 Å². The van der Waals surface area contributed by atoms with E-state index in [0.29, 0.717) is 6.42 Å². The van der Waals surface area contributed by atoms with Gasteiger partial charge in [-0.05, 0) is 77.6 Å². The molecule has 51 heavy (non-hydrogen) atoms. The molecular weight excluding hydrogens is 663 g/mol. The summed E-state index contributed by atoms with van der Waals surface area (Å²) in [5, 5.41) is 0. The van der Waals surface area contributed by atoms with Crippen LogP contribution in [0.4, 0.5) is 0 Å². The van der Waals surface area contributed by atoms with Crippen LogP contribution in [-0.4, -0.2) is 42.8 Å². The van der Waals surface area contributed by atoms with Crippen LogP contribution < -0.4 is 0 Å².